The summed E-state index contributed by atoms with van der Waals surface area (Å²) in [5.74, 6) is 2.68. The van der Waals surface area contributed by atoms with Gasteiger partial charge in [-0.1, -0.05) is 66.1 Å². The van der Waals surface area contributed by atoms with Gasteiger partial charge in [-0.05, 0) is 62.1 Å². The molecule has 0 aromatic heterocycles. The number of terminal acetylenes is 1. The fourth-order valence-corrected chi connectivity index (χ4v) is 3.32. The van der Waals surface area contributed by atoms with Crippen LogP contribution in [-0.4, -0.2) is 0 Å². The van der Waals surface area contributed by atoms with E-state index in [1.807, 2.05) is 25.1 Å². The number of hydrogen-bond donors (Lipinski definition) is 0. The van der Waals surface area contributed by atoms with Gasteiger partial charge in [-0.3, -0.25) is 0 Å². The molecular weight excluding hydrogens is 326 g/mol. The van der Waals surface area contributed by atoms with Crippen LogP contribution in [0.2, 0.25) is 0 Å². The Morgan fingerprint density at radius 3 is 2.33 bits per heavy atom. The molecule has 0 spiro atoms. The summed E-state index contributed by atoms with van der Waals surface area (Å²) in [4.78, 5) is 2.25. The second-order valence-corrected chi connectivity index (χ2v) is 6.62. The molecule has 0 bridgehead atoms. The first kappa shape index (κ1) is 18.5. The molecule has 134 valence electrons. The fourth-order valence-electron chi connectivity index (χ4n) is 3.32. The van der Waals surface area contributed by atoms with Gasteiger partial charge in [-0.2, -0.15) is 0 Å². The summed E-state index contributed by atoms with van der Waals surface area (Å²) in [7, 11) is 0. The highest BCUT2D eigenvalue weighted by molar-refractivity contribution is 5.71. The first-order valence-corrected chi connectivity index (χ1v) is 9.34. The van der Waals surface area contributed by atoms with Crippen molar-refractivity contribution in [2.24, 2.45) is 0 Å². The summed E-state index contributed by atoms with van der Waals surface area (Å²) in [5.41, 5.74) is 7.34. The minimum Gasteiger partial charge on any atom is -0.314 e. The van der Waals surface area contributed by atoms with E-state index >= 15 is 0 Å². The SMILES string of the molecule is C#C/C=C(\C=C/C)N(C1=CC=C(c2ccc(C)cc2)CC1)c1ccccc1. The highest BCUT2D eigenvalue weighted by atomic mass is 15.2. The van der Waals surface area contributed by atoms with E-state index in [1.165, 1.54) is 22.4 Å². The maximum Gasteiger partial charge on any atom is 0.0538 e. The number of benzene rings is 2. The van der Waals surface area contributed by atoms with Crippen LogP contribution in [0.25, 0.3) is 5.57 Å². The normalized spacial score (nSPS) is 14.5. The third-order valence-electron chi connectivity index (χ3n) is 4.68. The molecule has 2 aromatic rings. The van der Waals surface area contributed by atoms with Crippen LogP contribution in [0.1, 0.15) is 30.9 Å². The van der Waals surface area contributed by atoms with E-state index in [9.17, 15) is 0 Å². The summed E-state index contributed by atoms with van der Waals surface area (Å²) >= 11 is 0. The van der Waals surface area contributed by atoms with E-state index in [0.717, 1.165) is 24.2 Å². The lowest BCUT2D eigenvalue weighted by atomic mass is 9.94. The molecule has 2 aromatic carbocycles. The average Bonchev–Trinajstić information content (AvgIpc) is 2.71. The predicted molar refractivity (Wildman–Crippen MR) is 117 cm³/mol. The van der Waals surface area contributed by atoms with Gasteiger partial charge in [0, 0.05) is 17.5 Å². The van der Waals surface area contributed by atoms with Crippen molar-refractivity contribution in [3.8, 4) is 12.3 Å². The summed E-state index contributed by atoms with van der Waals surface area (Å²) < 4.78 is 0. The largest absolute Gasteiger partial charge is 0.314 e. The molecule has 3 rings (SSSR count). The van der Waals surface area contributed by atoms with Gasteiger partial charge in [0.1, 0.15) is 0 Å². The monoisotopic (exact) mass is 351 g/mol. The Bertz CT molecular complexity index is 932. The molecule has 27 heavy (non-hydrogen) atoms. The van der Waals surface area contributed by atoms with Gasteiger partial charge < -0.3 is 4.90 Å². The minimum absolute atomic E-state index is 0.966. The van der Waals surface area contributed by atoms with E-state index in [0.29, 0.717) is 0 Å². The van der Waals surface area contributed by atoms with Gasteiger partial charge in [-0.15, -0.1) is 6.42 Å². The van der Waals surface area contributed by atoms with E-state index in [-0.39, 0.29) is 0 Å². The zero-order chi connectivity index (χ0) is 19.1. The Morgan fingerprint density at radius 1 is 1.00 bits per heavy atom. The highest BCUT2D eigenvalue weighted by Gasteiger charge is 2.18. The lowest BCUT2D eigenvalue weighted by molar-refractivity contribution is 0.912. The Balaban J connectivity index is 1.99. The lowest BCUT2D eigenvalue weighted by Gasteiger charge is -2.30. The number of hydrogen-bond acceptors (Lipinski definition) is 1. The van der Waals surface area contributed by atoms with E-state index in [4.69, 9.17) is 6.42 Å². The third kappa shape index (κ3) is 4.49. The summed E-state index contributed by atoms with van der Waals surface area (Å²) in [5, 5.41) is 0. The second kappa shape index (κ2) is 8.92. The van der Waals surface area contributed by atoms with Crippen molar-refractivity contribution in [3.63, 3.8) is 0 Å². The van der Waals surface area contributed by atoms with Crippen LogP contribution in [0.5, 0.6) is 0 Å². The Labute approximate surface area is 163 Å². The van der Waals surface area contributed by atoms with Crippen LogP contribution >= 0.6 is 0 Å². The maximum atomic E-state index is 5.60. The minimum atomic E-state index is 0.966. The van der Waals surface area contributed by atoms with Crippen LogP contribution in [0, 0.1) is 19.3 Å². The van der Waals surface area contributed by atoms with Gasteiger partial charge in [-0.25, -0.2) is 0 Å². The molecule has 0 heterocycles. The van der Waals surface area contributed by atoms with Crippen LogP contribution in [-0.2, 0) is 0 Å². The van der Waals surface area contributed by atoms with Crippen molar-refractivity contribution in [1.82, 2.24) is 0 Å². The smallest absolute Gasteiger partial charge is 0.0538 e. The summed E-state index contributed by atoms with van der Waals surface area (Å²) in [6, 6.07) is 19.1. The summed E-state index contributed by atoms with van der Waals surface area (Å²) in [6.45, 7) is 4.13. The van der Waals surface area contributed by atoms with Gasteiger partial charge in [0.25, 0.3) is 0 Å². The average molecular weight is 351 g/mol. The first-order valence-electron chi connectivity index (χ1n) is 9.34. The van der Waals surface area contributed by atoms with Gasteiger partial charge >= 0.3 is 0 Å². The molecule has 1 aliphatic rings. The van der Waals surface area contributed by atoms with Gasteiger partial charge in [0.05, 0.1) is 5.70 Å². The lowest BCUT2D eigenvalue weighted by Crippen LogP contribution is -2.22. The standard InChI is InChI=1S/C26H25N/c1-4-9-24(10-5-2)27(25-11-7-6-8-12-25)26-19-17-23(18-20-26)22-15-13-21(3)14-16-22/h1,5-17,19H,18,20H2,2-3H3/b10-5-,24-9+. The number of allylic oxidation sites excluding steroid dienone is 7. The van der Waals surface area contributed by atoms with Crippen molar-refractivity contribution in [2.45, 2.75) is 26.7 Å². The number of aryl methyl sites for hydroxylation is 1. The Hall–Kier alpha value is -3.24. The van der Waals surface area contributed by atoms with Crippen LogP contribution in [0.3, 0.4) is 0 Å². The van der Waals surface area contributed by atoms with Gasteiger partial charge in [0.2, 0.25) is 0 Å². The van der Waals surface area contributed by atoms with Crippen molar-refractivity contribution < 1.29 is 0 Å². The van der Waals surface area contributed by atoms with Gasteiger partial charge in [0.15, 0.2) is 0 Å². The van der Waals surface area contributed by atoms with Crippen molar-refractivity contribution in [2.75, 3.05) is 4.90 Å². The van der Waals surface area contributed by atoms with Crippen LogP contribution in [0.4, 0.5) is 5.69 Å². The molecule has 0 fully saturated rings. The molecule has 1 aliphatic carbocycles. The van der Waals surface area contributed by atoms with Crippen molar-refractivity contribution in [1.29, 1.82) is 0 Å². The Morgan fingerprint density at radius 2 is 1.74 bits per heavy atom. The second-order valence-electron chi connectivity index (χ2n) is 6.62. The molecular formula is C26H25N. The number of para-hydroxylation sites is 1. The summed E-state index contributed by atoms with van der Waals surface area (Å²) in [6.07, 6.45) is 17.9. The topological polar surface area (TPSA) is 3.24 Å². The molecule has 0 unspecified atom stereocenters. The first-order chi connectivity index (χ1) is 13.2. The fraction of sp³-hybridized carbons (Fsp3) is 0.154. The molecule has 0 amide bonds. The Kier molecular flexibility index (Phi) is 6.13. The van der Waals surface area contributed by atoms with Crippen LogP contribution < -0.4 is 4.90 Å². The van der Waals surface area contributed by atoms with E-state index in [1.54, 1.807) is 0 Å². The molecule has 0 saturated carbocycles. The molecule has 0 radical (unpaired) electrons. The van der Waals surface area contributed by atoms with Crippen molar-refractivity contribution >= 4 is 11.3 Å². The zero-order valence-electron chi connectivity index (χ0n) is 16.0. The third-order valence-corrected chi connectivity index (χ3v) is 4.68. The quantitative estimate of drug-likeness (QED) is 0.430. The molecule has 0 atom stereocenters. The van der Waals surface area contributed by atoms with Crippen molar-refractivity contribution in [3.05, 3.63) is 107 Å². The molecule has 1 heteroatoms. The molecule has 1 nitrogen and oxygen atoms in total. The highest BCUT2D eigenvalue weighted by Crippen LogP contribution is 2.33. The molecule has 0 N–H and O–H groups in total. The molecule has 0 aliphatic heterocycles. The van der Waals surface area contributed by atoms with E-state index < -0.39 is 0 Å². The zero-order valence-corrected chi connectivity index (χ0v) is 16.0. The maximum absolute atomic E-state index is 5.60. The number of anilines is 1. The molecule has 0 saturated heterocycles. The van der Waals surface area contributed by atoms with E-state index in [2.05, 4.69) is 84.5 Å². The number of nitrogens with zero attached hydrogens (tertiary/aromatic N) is 1. The number of rotatable bonds is 5. The van der Waals surface area contributed by atoms with Crippen LogP contribution in [0.15, 0.2) is 96.4 Å². The predicted octanol–water partition coefficient (Wildman–Crippen LogP) is 6.66.